The summed E-state index contributed by atoms with van der Waals surface area (Å²) in [6.07, 6.45) is 0. The maximum atomic E-state index is 13.0. The van der Waals surface area contributed by atoms with Gasteiger partial charge >= 0.3 is 0 Å². The van der Waals surface area contributed by atoms with E-state index in [2.05, 4.69) is 20.9 Å². The molecule has 0 amide bonds. The van der Waals surface area contributed by atoms with Crippen molar-refractivity contribution in [2.45, 2.75) is 0 Å². The van der Waals surface area contributed by atoms with E-state index >= 15 is 0 Å². The summed E-state index contributed by atoms with van der Waals surface area (Å²) in [4.78, 5) is 16.4. The number of ketones is 1. The highest BCUT2D eigenvalue weighted by molar-refractivity contribution is 9.10. The van der Waals surface area contributed by atoms with Gasteiger partial charge in [-0.3, -0.25) is 4.79 Å². The Bertz CT molecular complexity index is 1020. The predicted molar refractivity (Wildman–Crippen MR) is 93.4 cm³/mol. The van der Waals surface area contributed by atoms with Gasteiger partial charge in [-0.2, -0.15) is 0 Å². The third kappa shape index (κ3) is 1.97. The minimum absolute atomic E-state index is 0.0304. The second-order valence-electron chi connectivity index (χ2n) is 5.21. The number of benzene rings is 3. The molecular weight excluding hydrogens is 338 g/mol. The molecule has 22 heavy (non-hydrogen) atoms. The molecule has 1 aromatic heterocycles. The van der Waals surface area contributed by atoms with Gasteiger partial charge in [0, 0.05) is 37.4 Å². The Hall–Kier alpha value is -2.39. The van der Waals surface area contributed by atoms with Crippen LogP contribution in [0.5, 0.6) is 0 Å². The van der Waals surface area contributed by atoms with Gasteiger partial charge in [-0.15, -0.1) is 0 Å². The molecule has 0 aliphatic heterocycles. The zero-order chi connectivity index (χ0) is 15.1. The minimum atomic E-state index is 0.0304. The van der Waals surface area contributed by atoms with E-state index < -0.39 is 0 Å². The van der Waals surface area contributed by atoms with Crippen molar-refractivity contribution in [2.24, 2.45) is 0 Å². The highest BCUT2D eigenvalue weighted by atomic mass is 79.9. The third-order valence-electron chi connectivity index (χ3n) is 3.89. The number of nitrogens with one attached hydrogen (secondary N) is 1. The lowest BCUT2D eigenvalue weighted by Crippen LogP contribution is -2.02. The zero-order valence-electron chi connectivity index (χ0n) is 11.6. The number of carbonyl (C=O) groups is 1. The molecule has 0 unspecified atom stereocenters. The van der Waals surface area contributed by atoms with Crippen LogP contribution in [0.25, 0.3) is 21.8 Å². The summed E-state index contributed by atoms with van der Waals surface area (Å²) in [7, 11) is 0. The highest BCUT2D eigenvalue weighted by Crippen LogP contribution is 2.30. The van der Waals surface area contributed by atoms with E-state index in [4.69, 9.17) is 0 Å². The van der Waals surface area contributed by atoms with Crippen molar-refractivity contribution in [3.05, 3.63) is 82.3 Å². The summed E-state index contributed by atoms with van der Waals surface area (Å²) in [6, 6.07) is 21.4. The molecule has 3 heteroatoms. The number of carbonyl (C=O) groups excluding carboxylic acids is 1. The Morgan fingerprint density at radius 2 is 1.45 bits per heavy atom. The second kappa shape index (κ2) is 5.11. The zero-order valence-corrected chi connectivity index (χ0v) is 13.2. The minimum Gasteiger partial charge on any atom is -0.354 e. The molecule has 0 atom stereocenters. The normalized spacial score (nSPS) is 11.1. The van der Waals surface area contributed by atoms with Crippen molar-refractivity contribution in [3.8, 4) is 0 Å². The lowest BCUT2D eigenvalue weighted by atomic mass is 9.98. The quantitative estimate of drug-likeness (QED) is 0.488. The number of hydrogen-bond acceptors (Lipinski definition) is 1. The maximum Gasteiger partial charge on any atom is 0.194 e. The van der Waals surface area contributed by atoms with Crippen LogP contribution in [0.15, 0.2) is 71.2 Å². The fraction of sp³-hybridized carbons (Fsp3) is 0. The predicted octanol–water partition coefficient (Wildman–Crippen LogP) is 5.31. The molecule has 4 aromatic rings. The topological polar surface area (TPSA) is 32.9 Å². The van der Waals surface area contributed by atoms with Crippen LogP contribution in [0.2, 0.25) is 0 Å². The molecule has 3 aromatic carbocycles. The average Bonchev–Trinajstić information content (AvgIpc) is 2.93. The second-order valence-corrected chi connectivity index (χ2v) is 6.06. The Balaban J connectivity index is 2.03. The van der Waals surface area contributed by atoms with Crippen LogP contribution in [0.4, 0.5) is 0 Å². The fourth-order valence-electron chi connectivity index (χ4n) is 2.88. The van der Waals surface area contributed by atoms with Gasteiger partial charge in [0.15, 0.2) is 5.78 Å². The standard InChI is InChI=1S/C19H12BrNO/c20-15-9-3-1-6-12(15)19(22)14-8-5-11-17-18(14)13-7-2-4-10-16(13)21-17/h1-11,21H. The van der Waals surface area contributed by atoms with Gasteiger partial charge in [0.05, 0.1) is 0 Å². The van der Waals surface area contributed by atoms with E-state index in [0.717, 1.165) is 31.8 Å². The van der Waals surface area contributed by atoms with E-state index in [1.165, 1.54) is 0 Å². The first kappa shape index (κ1) is 13.3. The van der Waals surface area contributed by atoms with Crippen molar-refractivity contribution in [2.75, 3.05) is 0 Å². The molecule has 0 saturated heterocycles. The molecule has 2 nitrogen and oxygen atoms in total. The monoisotopic (exact) mass is 349 g/mol. The molecule has 0 aliphatic carbocycles. The summed E-state index contributed by atoms with van der Waals surface area (Å²) >= 11 is 3.47. The smallest absolute Gasteiger partial charge is 0.194 e. The molecule has 0 bridgehead atoms. The number of aromatic nitrogens is 1. The first-order valence-electron chi connectivity index (χ1n) is 7.04. The van der Waals surface area contributed by atoms with Crippen LogP contribution < -0.4 is 0 Å². The van der Waals surface area contributed by atoms with Crippen LogP contribution in [-0.2, 0) is 0 Å². The van der Waals surface area contributed by atoms with Crippen LogP contribution in [0, 0.1) is 0 Å². The van der Waals surface area contributed by atoms with Crippen LogP contribution in [0.1, 0.15) is 15.9 Å². The van der Waals surface area contributed by atoms with Gasteiger partial charge in [-0.25, -0.2) is 0 Å². The van der Waals surface area contributed by atoms with E-state index in [9.17, 15) is 4.79 Å². The molecule has 0 radical (unpaired) electrons. The Labute approximate surface area is 135 Å². The lowest BCUT2D eigenvalue weighted by Gasteiger charge is -2.05. The van der Waals surface area contributed by atoms with Gasteiger partial charge in [0.2, 0.25) is 0 Å². The number of H-pyrrole nitrogens is 1. The highest BCUT2D eigenvalue weighted by Gasteiger charge is 2.17. The molecule has 0 fully saturated rings. The molecular formula is C19H12BrNO. The Kier molecular flexibility index (Phi) is 3.09. The molecule has 1 heterocycles. The Morgan fingerprint density at radius 1 is 0.773 bits per heavy atom. The average molecular weight is 350 g/mol. The van der Waals surface area contributed by atoms with Gasteiger partial charge < -0.3 is 4.98 Å². The Morgan fingerprint density at radius 3 is 2.32 bits per heavy atom. The van der Waals surface area contributed by atoms with Crippen molar-refractivity contribution in [3.63, 3.8) is 0 Å². The molecule has 0 spiro atoms. The summed E-state index contributed by atoms with van der Waals surface area (Å²) in [6.45, 7) is 0. The number of rotatable bonds is 2. The van der Waals surface area contributed by atoms with E-state index in [1.807, 2.05) is 66.7 Å². The SMILES string of the molecule is O=C(c1ccccc1Br)c1cccc2[nH]c3ccccc3c12. The van der Waals surface area contributed by atoms with E-state index in [-0.39, 0.29) is 5.78 Å². The largest absolute Gasteiger partial charge is 0.354 e. The van der Waals surface area contributed by atoms with Crippen molar-refractivity contribution in [1.29, 1.82) is 0 Å². The van der Waals surface area contributed by atoms with Crippen LogP contribution >= 0.6 is 15.9 Å². The molecule has 106 valence electrons. The lowest BCUT2D eigenvalue weighted by molar-refractivity contribution is 0.103. The molecule has 0 aliphatic rings. The summed E-state index contributed by atoms with van der Waals surface area (Å²) in [5, 5.41) is 2.06. The van der Waals surface area contributed by atoms with Gasteiger partial charge in [0.25, 0.3) is 0 Å². The molecule has 4 rings (SSSR count). The molecule has 0 saturated carbocycles. The molecule has 1 N–H and O–H groups in total. The van der Waals surface area contributed by atoms with Crippen molar-refractivity contribution in [1.82, 2.24) is 4.98 Å². The van der Waals surface area contributed by atoms with Gasteiger partial charge in [-0.1, -0.05) is 58.4 Å². The maximum absolute atomic E-state index is 13.0. The number of fused-ring (bicyclic) bond motifs is 3. The first-order chi connectivity index (χ1) is 10.8. The number of aromatic amines is 1. The fourth-order valence-corrected chi connectivity index (χ4v) is 3.35. The summed E-state index contributed by atoms with van der Waals surface area (Å²) in [5.41, 5.74) is 3.44. The number of halogens is 1. The van der Waals surface area contributed by atoms with Crippen LogP contribution in [0.3, 0.4) is 0 Å². The van der Waals surface area contributed by atoms with E-state index in [0.29, 0.717) is 5.56 Å². The van der Waals surface area contributed by atoms with Crippen molar-refractivity contribution >= 4 is 43.5 Å². The number of para-hydroxylation sites is 1. The van der Waals surface area contributed by atoms with Gasteiger partial charge in [0.1, 0.15) is 0 Å². The number of hydrogen-bond donors (Lipinski definition) is 1. The first-order valence-corrected chi connectivity index (χ1v) is 7.83. The summed E-state index contributed by atoms with van der Waals surface area (Å²) in [5.74, 6) is 0.0304. The third-order valence-corrected chi connectivity index (χ3v) is 4.58. The van der Waals surface area contributed by atoms with Crippen molar-refractivity contribution < 1.29 is 4.79 Å². The van der Waals surface area contributed by atoms with E-state index in [1.54, 1.807) is 0 Å². The summed E-state index contributed by atoms with van der Waals surface area (Å²) < 4.78 is 0.817. The van der Waals surface area contributed by atoms with Crippen LogP contribution in [-0.4, -0.2) is 10.8 Å². The van der Waals surface area contributed by atoms with Gasteiger partial charge in [-0.05, 0) is 24.3 Å².